The van der Waals surface area contributed by atoms with Gasteiger partial charge in [-0.2, -0.15) is 0 Å². The van der Waals surface area contributed by atoms with Crippen LogP contribution in [0.2, 0.25) is 0 Å². The Bertz CT molecular complexity index is 248. The largest absolute Gasteiger partial charge is 0.392 e. The van der Waals surface area contributed by atoms with Gasteiger partial charge in [0.2, 0.25) is 0 Å². The first-order chi connectivity index (χ1) is 8.08. The van der Waals surface area contributed by atoms with E-state index in [1.165, 1.54) is 6.42 Å². The van der Waals surface area contributed by atoms with E-state index in [9.17, 15) is 10.2 Å². The maximum atomic E-state index is 10.1. The van der Waals surface area contributed by atoms with Gasteiger partial charge in [-0.3, -0.25) is 4.90 Å². The molecule has 0 radical (unpaired) electrons. The Kier molecular flexibility index (Phi) is 4.42. The zero-order chi connectivity index (χ0) is 12.4. The summed E-state index contributed by atoms with van der Waals surface area (Å²) < 4.78 is 0. The van der Waals surface area contributed by atoms with Crippen LogP contribution in [0, 0.1) is 0 Å². The van der Waals surface area contributed by atoms with Crippen molar-refractivity contribution in [2.75, 3.05) is 27.2 Å². The summed E-state index contributed by atoms with van der Waals surface area (Å²) in [6.45, 7) is 1.71. The van der Waals surface area contributed by atoms with Gasteiger partial charge in [-0.15, -0.1) is 0 Å². The van der Waals surface area contributed by atoms with Crippen LogP contribution in [0.15, 0.2) is 0 Å². The second-order valence-corrected chi connectivity index (χ2v) is 5.92. The first-order valence-electron chi connectivity index (χ1n) is 6.84. The van der Waals surface area contributed by atoms with E-state index in [2.05, 4.69) is 23.9 Å². The van der Waals surface area contributed by atoms with Crippen LogP contribution in [-0.4, -0.2) is 71.5 Å². The Morgan fingerprint density at radius 1 is 1.18 bits per heavy atom. The van der Waals surface area contributed by atoms with Gasteiger partial charge < -0.3 is 15.1 Å². The zero-order valence-electron chi connectivity index (χ0n) is 11.0. The molecule has 1 saturated heterocycles. The fraction of sp³-hybridized carbons (Fsp3) is 1.00. The van der Waals surface area contributed by atoms with Gasteiger partial charge in [0, 0.05) is 25.2 Å². The lowest BCUT2D eigenvalue weighted by molar-refractivity contribution is 0.00605. The molecule has 1 aliphatic carbocycles. The van der Waals surface area contributed by atoms with Crippen molar-refractivity contribution in [3.8, 4) is 0 Å². The molecule has 4 heteroatoms. The average molecular weight is 242 g/mol. The molecule has 1 aliphatic heterocycles. The standard InChI is InChI=1S/C13H26N2O2/c1-14(2)8-10-7-11(16)9-15(10)12-5-3-4-6-13(12)17/h10-13,16-17H,3-9H2,1-2H3/t10?,11?,12-,13-/m1/s1. The molecule has 2 fully saturated rings. The molecule has 0 aromatic carbocycles. The van der Waals surface area contributed by atoms with Crippen LogP contribution in [0.1, 0.15) is 32.1 Å². The summed E-state index contributed by atoms with van der Waals surface area (Å²) in [6, 6.07) is 0.670. The third kappa shape index (κ3) is 3.19. The van der Waals surface area contributed by atoms with Gasteiger partial charge in [-0.25, -0.2) is 0 Å². The van der Waals surface area contributed by atoms with E-state index in [-0.39, 0.29) is 18.2 Å². The summed E-state index contributed by atoms with van der Waals surface area (Å²) in [5, 5.41) is 20.0. The molecule has 2 unspecified atom stereocenters. The predicted octanol–water partition coefficient (Wildman–Crippen LogP) is 0.287. The van der Waals surface area contributed by atoms with E-state index in [0.717, 1.165) is 38.8 Å². The molecule has 100 valence electrons. The Morgan fingerprint density at radius 3 is 2.53 bits per heavy atom. The number of aliphatic hydroxyl groups is 2. The van der Waals surface area contributed by atoms with Crippen molar-refractivity contribution in [2.45, 2.75) is 56.4 Å². The van der Waals surface area contributed by atoms with E-state index in [4.69, 9.17) is 0 Å². The highest BCUT2D eigenvalue weighted by Crippen LogP contribution is 2.29. The first-order valence-corrected chi connectivity index (χ1v) is 6.84. The Labute approximate surface area is 104 Å². The normalized spacial score (nSPS) is 40.1. The highest BCUT2D eigenvalue weighted by Gasteiger charge is 2.39. The van der Waals surface area contributed by atoms with Crippen LogP contribution in [-0.2, 0) is 0 Å². The lowest BCUT2D eigenvalue weighted by atomic mass is 9.91. The number of aliphatic hydroxyl groups excluding tert-OH is 2. The summed E-state index contributed by atoms with van der Waals surface area (Å²) in [5.41, 5.74) is 0. The van der Waals surface area contributed by atoms with Crippen LogP contribution >= 0.6 is 0 Å². The lowest BCUT2D eigenvalue weighted by Gasteiger charge is -2.39. The van der Waals surface area contributed by atoms with Crippen LogP contribution in [0.4, 0.5) is 0 Å². The molecule has 4 nitrogen and oxygen atoms in total. The predicted molar refractivity (Wildman–Crippen MR) is 67.9 cm³/mol. The molecule has 4 atom stereocenters. The molecular weight excluding hydrogens is 216 g/mol. The van der Waals surface area contributed by atoms with Crippen LogP contribution in [0.3, 0.4) is 0 Å². The third-order valence-electron chi connectivity index (χ3n) is 4.13. The molecule has 0 spiro atoms. The highest BCUT2D eigenvalue weighted by molar-refractivity contribution is 4.94. The molecule has 1 heterocycles. The topological polar surface area (TPSA) is 46.9 Å². The van der Waals surface area contributed by atoms with E-state index in [1.54, 1.807) is 0 Å². The molecule has 0 aromatic heterocycles. The highest BCUT2D eigenvalue weighted by atomic mass is 16.3. The summed E-state index contributed by atoms with van der Waals surface area (Å²) in [4.78, 5) is 4.53. The van der Waals surface area contributed by atoms with Crippen LogP contribution in [0.25, 0.3) is 0 Å². The summed E-state index contributed by atoms with van der Waals surface area (Å²) in [5.74, 6) is 0. The minimum atomic E-state index is -0.214. The molecule has 2 rings (SSSR count). The molecule has 1 saturated carbocycles. The molecule has 2 aliphatic rings. The number of β-amino-alcohol motifs (C(OH)–C–C–N with tert-alkyl or cyclic N) is 1. The second kappa shape index (κ2) is 5.65. The Morgan fingerprint density at radius 2 is 1.88 bits per heavy atom. The number of nitrogens with zero attached hydrogens (tertiary/aromatic N) is 2. The van der Waals surface area contributed by atoms with Crippen molar-refractivity contribution in [1.29, 1.82) is 0 Å². The van der Waals surface area contributed by atoms with Gasteiger partial charge in [0.05, 0.1) is 12.2 Å². The smallest absolute Gasteiger partial charge is 0.0695 e. The molecule has 17 heavy (non-hydrogen) atoms. The SMILES string of the molecule is CN(C)CC1CC(O)CN1[C@@H]1CCCC[C@H]1O. The van der Waals surface area contributed by atoms with Gasteiger partial charge in [0.25, 0.3) is 0 Å². The van der Waals surface area contributed by atoms with Gasteiger partial charge in [0.15, 0.2) is 0 Å². The minimum Gasteiger partial charge on any atom is -0.392 e. The van der Waals surface area contributed by atoms with Crippen molar-refractivity contribution in [2.24, 2.45) is 0 Å². The van der Waals surface area contributed by atoms with E-state index in [1.807, 2.05) is 0 Å². The van der Waals surface area contributed by atoms with Gasteiger partial charge in [0.1, 0.15) is 0 Å². The molecular formula is C13H26N2O2. The van der Waals surface area contributed by atoms with Crippen molar-refractivity contribution < 1.29 is 10.2 Å². The first kappa shape index (κ1) is 13.3. The Balaban J connectivity index is 2.00. The number of likely N-dealkylation sites (tertiary alicyclic amines) is 1. The third-order valence-corrected chi connectivity index (χ3v) is 4.13. The number of rotatable bonds is 3. The number of hydrogen-bond acceptors (Lipinski definition) is 4. The number of hydrogen-bond donors (Lipinski definition) is 2. The Hall–Kier alpha value is -0.160. The monoisotopic (exact) mass is 242 g/mol. The van der Waals surface area contributed by atoms with Crippen LogP contribution in [0.5, 0.6) is 0 Å². The summed E-state index contributed by atoms with van der Waals surface area (Å²) in [7, 11) is 4.14. The molecule has 0 amide bonds. The molecule has 2 N–H and O–H groups in total. The number of likely N-dealkylation sites (N-methyl/N-ethyl adjacent to an activating group) is 1. The quantitative estimate of drug-likeness (QED) is 0.746. The van der Waals surface area contributed by atoms with Gasteiger partial charge >= 0.3 is 0 Å². The van der Waals surface area contributed by atoms with Gasteiger partial charge in [-0.1, -0.05) is 12.8 Å². The van der Waals surface area contributed by atoms with Gasteiger partial charge in [-0.05, 0) is 33.4 Å². The van der Waals surface area contributed by atoms with Crippen molar-refractivity contribution in [1.82, 2.24) is 9.80 Å². The summed E-state index contributed by atoms with van der Waals surface area (Å²) >= 11 is 0. The maximum Gasteiger partial charge on any atom is 0.0695 e. The van der Waals surface area contributed by atoms with E-state index < -0.39 is 0 Å². The maximum absolute atomic E-state index is 10.1. The van der Waals surface area contributed by atoms with Crippen molar-refractivity contribution in [3.63, 3.8) is 0 Å². The average Bonchev–Trinajstić information content (AvgIpc) is 2.59. The van der Waals surface area contributed by atoms with Crippen LogP contribution < -0.4 is 0 Å². The lowest BCUT2D eigenvalue weighted by Crippen LogP contribution is -2.50. The second-order valence-electron chi connectivity index (χ2n) is 5.92. The van der Waals surface area contributed by atoms with E-state index in [0.29, 0.717) is 6.04 Å². The van der Waals surface area contributed by atoms with E-state index >= 15 is 0 Å². The summed E-state index contributed by atoms with van der Waals surface area (Å²) in [6.07, 6.45) is 4.80. The fourth-order valence-electron chi connectivity index (χ4n) is 3.40. The molecule has 0 aromatic rings. The molecule has 0 bridgehead atoms. The minimum absolute atomic E-state index is 0.196. The fourth-order valence-corrected chi connectivity index (χ4v) is 3.40. The van der Waals surface area contributed by atoms with Crippen molar-refractivity contribution >= 4 is 0 Å². The zero-order valence-corrected chi connectivity index (χ0v) is 11.0. The van der Waals surface area contributed by atoms with Crippen molar-refractivity contribution in [3.05, 3.63) is 0 Å².